The van der Waals surface area contributed by atoms with Gasteiger partial charge in [-0.1, -0.05) is 19.1 Å². The molecule has 2 N–H and O–H groups in total. The molecule has 1 aromatic carbocycles. The van der Waals surface area contributed by atoms with Gasteiger partial charge in [0, 0.05) is 36.3 Å². The Bertz CT molecular complexity index is 650. The summed E-state index contributed by atoms with van der Waals surface area (Å²) in [6.45, 7) is 3.50. The van der Waals surface area contributed by atoms with Gasteiger partial charge in [0.15, 0.2) is 0 Å². The first-order valence-electron chi connectivity index (χ1n) is 7.57. The minimum Gasteiger partial charge on any atom is -0.334 e. The Hall–Kier alpha value is -1.94. The van der Waals surface area contributed by atoms with Crippen molar-refractivity contribution in [2.24, 2.45) is 11.7 Å². The van der Waals surface area contributed by atoms with Crippen molar-refractivity contribution in [2.75, 3.05) is 13.1 Å². The van der Waals surface area contributed by atoms with Crippen molar-refractivity contribution in [3.63, 3.8) is 0 Å². The molecule has 0 aliphatic carbocycles. The molecule has 1 amide bonds. The fourth-order valence-electron chi connectivity index (χ4n) is 3.31. The van der Waals surface area contributed by atoms with E-state index < -0.39 is 0 Å². The molecule has 2 aromatic rings. The number of rotatable bonds is 2. The molecule has 2 unspecified atom stereocenters. The molecule has 0 saturated carbocycles. The molecule has 1 fully saturated rings. The molecule has 1 aromatic heterocycles. The zero-order valence-electron chi connectivity index (χ0n) is 12.3. The maximum absolute atomic E-state index is 13.0. The maximum Gasteiger partial charge on any atom is 0.254 e. The predicted octanol–water partition coefficient (Wildman–Crippen LogP) is 2.43. The van der Waals surface area contributed by atoms with Crippen LogP contribution in [0.3, 0.4) is 0 Å². The largest absolute Gasteiger partial charge is 0.334 e. The number of aromatic nitrogens is 1. The lowest BCUT2D eigenvalue weighted by Crippen LogP contribution is -2.51. The lowest BCUT2D eigenvalue weighted by Gasteiger charge is -2.39. The third-order valence-corrected chi connectivity index (χ3v) is 4.49. The molecule has 2 heterocycles. The van der Waals surface area contributed by atoms with Gasteiger partial charge in [-0.2, -0.15) is 0 Å². The van der Waals surface area contributed by atoms with Crippen molar-refractivity contribution in [3.8, 4) is 0 Å². The Labute approximate surface area is 125 Å². The molecular weight excluding hydrogens is 262 g/mol. The summed E-state index contributed by atoms with van der Waals surface area (Å²) in [6.07, 6.45) is 3.94. The van der Waals surface area contributed by atoms with E-state index in [-0.39, 0.29) is 11.9 Å². The number of hydrogen-bond acceptors (Lipinski definition) is 3. The number of pyridine rings is 1. The minimum absolute atomic E-state index is 0.0793. The van der Waals surface area contributed by atoms with E-state index in [1.54, 1.807) is 6.20 Å². The van der Waals surface area contributed by atoms with Crippen LogP contribution in [0.2, 0.25) is 0 Å². The average Bonchev–Trinajstić information content (AvgIpc) is 2.53. The van der Waals surface area contributed by atoms with Crippen LogP contribution in [0.4, 0.5) is 0 Å². The first-order chi connectivity index (χ1) is 10.2. The summed E-state index contributed by atoms with van der Waals surface area (Å²) < 4.78 is 0. The van der Waals surface area contributed by atoms with Crippen LogP contribution in [0.25, 0.3) is 10.9 Å². The molecular formula is C17H21N3O. The van der Waals surface area contributed by atoms with E-state index >= 15 is 0 Å². The second kappa shape index (κ2) is 5.82. The Kier molecular flexibility index (Phi) is 3.88. The molecule has 110 valence electrons. The van der Waals surface area contributed by atoms with Crippen LogP contribution in [0.15, 0.2) is 36.5 Å². The van der Waals surface area contributed by atoms with Gasteiger partial charge in [0.05, 0.1) is 5.52 Å². The molecule has 0 radical (unpaired) electrons. The van der Waals surface area contributed by atoms with Crippen LogP contribution in [0.5, 0.6) is 0 Å². The Balaban J connectivity index is 2.00. The van der Waals surface area contributed by atoms with Crippen molar-refractivity contribution in [1.82, 2.24) is 9.88 Å². The van der Waals surface area contributed by atoms with E-state index in [1.807, 2.05) is 35.2 Å². The van der Waals surface area contributed by atoms with Crippen molar-refractivity contribution >= 4 is 16.8 Å². The van der Waals surface area contributed by atoms with Gasteiger partial charge in [-0.3, -0.25) is 9.78 Å². The van der Waals surface area contributed by atoms with E-state index in [9.17, 15) is 4.79 Å². The number of hydrogen-bond donors (Lipinski definition) is 1. The van der Waals surface area contributed by atoms with E-state index in [0.29, 0.717) is 12.5 Å². The van der Waals surface area contributed by atoms with E-state index in [4.69, 9.17) is 5.73 Å². The topological polar surface area (TPSA) is 59.2 Å². The first kappa shape index (κ1) is 14.0. The number of benzene rings is 1. The van der Waals surface area contributed by atoms with Crippen molar-refractivity contribution in [2.45, 2.75) is 25.8 Å². The summed E-state index contributed by atoms with van der Waals surface area (Å²) in [5.41, 5.74) is 7.50. The lowest BCUT2D eigenvalue weighted by atomic mass is 9.90. The number of carbonyl (C=O) groups is 1. The fourth-order valence-corrected chi connectivity index (χ4v) is 3.31. The maximum atomic E-state index is 13.0. The molecule has 1 aliphatic rings. The van der Waals surface area contributed by atoms with Crippen LogP contribution >= 0.6 is 0 Å². The van der Waals surface area contributed by atoms with Crippen LogP contribution in [0, 0.1) is 5.92 Å². The zero-order valence-corrected chi connectivity index (χ0v) is 12.3. The highest BCUT2D eigenvalue weighted by atomic mass is 16.2. The van der Waals surface area contributed by atoms with Crippen LogP contribution < -0.4 is 5.73 Å². The van der Waals surface area contributed by atoms with Crippen LogP contribution in [0.1, 0.15) is 30.1 Å². The Morgan fingerprint density at radius 3 is 3.05 bits per heavy atom. The molecule has 1 aliphatic heterocycles. The van der Waals surface area contributed by atoms with E-state index in [1.165, 1.54) is 0 Å². The van der Waals surface area contributed by atoms with E-state index in [2.05, 4.69) is 11.9 Å². The second-order valence-electron chi connectivity index (χ2n) is 5.80. The number of fused-ring (bicyclic) bond motifs is 1. The molecule has 0 spiro atoms. The van der Waals surface area contributed by atoms with Gasteiger partial charge >= 0.3 is 0 Å². The van der Waals surface area contributed by atoms with Gasteiger partial charge in [-0.15, -0.1) is 0 Å². The van der Waals surface area contributed by atoms with Gasteiger partial charge < -0.3 is 10.6 Å². The molecule has 3 rings (SSSR count). The molecule has 4 nitrogen and oxygen atoms in total. The average molecular weight is 283 g/mol. The van der Waals surface area contributed by atoms with Gasteiger partial charge in [-0.05, 0) is 37.0 Å². The van der Waals surface area contributed by atoms with Crippen molar-refractivity contribution < 1.29 is 4.79 Å². The minimum atomic E-state index is 0.0793. The molecule has 0 bridgehead atoms. The SMILES string of the molecule is CC1CCCN(C(=O)c2cccc3ncccc23)C1CN. The smallest absolute Gasteiger partial charge is 0.254 e. The highest BCUT2D eigenvalue weighted by molar-refractivity contribution is 6.06. The number of piperidine rings is 1. The second-order valence-corrected chi connectivity index (χ2v) is 5.80. The quantitative estimate of drug-likeness (QED) is 0.921. The van der Waals surface area contributed by atoms with Gasteiger partial charge in [0.1, 0.15) is 0 Å². The normalized spacial score (nSPS) is 22.5. The fraction of sp³-hybridized carbons (Fsp3) is 0.412. The summed E-state index contributed by atoms with van der Waals surface area (Å²) in [7, 11) is 0. The predicted molar refractivity (Wildman–Crippen MR) is 84.0 cm³/mol. The monoisotopic (exact) mass is 283 g/mol. The third-order valence-electron chi connectivity index (χ3n) is 4.49. The first-order valence-corrected chi connectivity index (χ1v) is 7.57. The van der Waals surface area contributed by atoms with Gasteiger partial charge in [0.25, 0.3) is 5.91 Å². The Morgan fingerprint density at radius 2 is 2.24 bits per heavy atom. The van der Waals surface area contributed by atoms with Gasteiger partial charge in [0.2, 0.25) is 0 Å². The number of nitrogens with two attached hydrogens (primary N) is 1. The number of amides is 1. The summed E-state index contributed by atoms with van der Waals surface area (Å²) in [5.74, 6) is 0.538. The third kappa shape index (κ3) is 2.51. The summed E-state index contributed by atoms with van der Waals surface area (Å²) in [6, 6.07) is 9.69. The molecule has 2 atom stereocenters. The van der Waals surface area contributed by atoms with Crippen LogP contribution in [-0.2, 0) is 0 Å². The summed E-state index contributed by atoms with van der Waals surface area (Å²) in [5, 5.41) is 0.916. The molecule has 21 heavy (non-hydrogen) atoms. The van der Waals surface area contributed by atoms with Crippen LogP contribution in [-0.4, -0.2) is 34.9 Å². The van der Waals surface area contributed by atoms with E-state index in [0.717, 1.165) is 35.9 Å². The Morgan fingerprint density at radius 1 is 1.38 bits per heavy atom. The van der Waals surface area contributed by atoms with Crippen molar-refractivity contribution in [1.29, 1.82) is 0 Å². The van der Waals surface area contributed by atoms with Gasteiger partial charge in [-0.25, -0.2) is 0 Å². The zero-order chi connectivity index (χ0) is 14.8. The summed E-state index contributed by atoms with van der Waals surface area (Å²) >= 11 is 0. The molecule has 1 saturated heterocycles. The highest BCUT2D eigenvalue weighted by Gasteiger charge is 2.31. The lowest BCUT2D eigenvalue weighted by molar-refractivity contribution is 0.0534. The molecule has 4 heteroatoms. The number of carbonyl (C=O) groups excluding carboxylic acids is 1. The van der Waals surface area contributed by atoms with Crippen molar-refractivity contribution in [3.05, 3.63) is 42.1 Å². The highest BCUT2D eigenvalue weighted by Crippen LogP contribution is 2.26. The summed E-state index contributed by atoms with van der Waals surface area (Å²) in [4.78, 5) is 19.3. The standard InChI is InChI=1S/C17H21N3O/c1-12-5-4-10-20(16(12)11-18)17(21)14-6-2-8-15-13(14)7-3-9-19-15/h2-3,6-9,12,16H,4-5,10-11,18H2,1H3. The number of likely N-dealkylation sites (tertiary alicyclic amines) is 1. The number of nitrogens with zero attached hydrogens (tertiary/aromatic N) is 2.